The van der Waals surface area contributed by atoms with Crippen LogP contribution in [0.2, 0.25) is 0 Å². The molecule has 0 bridgehead atoms. The van der Waals surface area contributed by atoms with E-state index in [1.54, 1.807) is 7.11 Å². The van der Waals surface area contributed by atoms with Gasteiger partial charge in [0.1, 0.15) is 5.75 Å². The first-order chi connectivity index (χ1) is 15.2. The molecule has 2 atom stereocenters. The van der Waals surface area contributed by atoms with Crippen molar-refractivity contribution >= 4 is 5.91 Å². The zero-order valence-electron chi connectivity index (χ0n) is 17.8. The molecule has 0 spiro atoms. The van der Waals surface area contributed by atoms with Crippen LogP contribution in [-0.2, 0) is 17.8 Å². The van der Waals surface area contributed by atoms with E-state index in [0.717, 1.165) is 54.3 Å². The van der Waals surface area contributed by atoms with Gasteiger partial charge in [0.15, 0.2) is 5.76 Å². The lowest BCUT2D eigenvalue weighted by atomic mass is 9.81. The molecule has 1 aliphatic heterocycles. The van der Waals surface area contributed by atoms with Crippen molar-refractivity contribution in [2.75, 3.05) is 20.2 Å². The van der Waals surface area contributed by atoms with Gasteiger partial charge in [0.2, 0.25) is 5.91 Å². The molecule has 1 aromatic heterocycles. The third-order valence-corrected chi connectivity index (χ3v) is 5.97. The number of rotatable bonds is 8. The van der Waals surface area contributed by atoms with Crippen LogP contribution < -0.4 is 15.4 Å². The van der Waals surface area contributed by atoms with Gasteiger partial charge in [-0.05, 0) is 43.8 Å². The maximum atomic E-state index is 12.7. The van der Waals surface area contributed by atoms with E-state index in [1.807, 2.05) is 60.7 Å². The number of piperidine rings is 1. The minimum atomic E-state index is 0.0768. The highest BCUT2D eigenvalue weighted by molar-refractivity contribution is 5.76. The molecule has 162 valence electrons. The number of methoxy groups -OCH3 is 1. The number of hydrogen-bond acceptors (Lipinski definition) is 5. The molecular weight excluding hydrogens is 390 g/mol. The summed E-state index contributed by atoms with van der Waals surface area (Å²) in [5.41, 5.74) is 2.94. The van der Waals surface area contributed by atoms with Crippen LogP contribution in [0.4, 0.5) is 0 Å². The number of benzene rings is 2. The van der Waals surface area contributed by atoms with Gasteiger partial charge in [0.25, 0.3) is 0 Å². The third-order valence-electron chi connectivity index (χ3n) is 5.97. The van der Waals surface area contributed by atoms with E-state index in [1.165, 1.54) is 0 Å². The van der Waals surface area contributed by atoms with Gasteiger partial charge in [-0.3, -0.25) is 4.79 Å². The molecule has 0 unspecified atom stereocenters. The van der Waals surface area contributed by atoms with Gasteiger partial charge >= 0.3 is 0 Å². The molecule has 31 heavy (non-hydrogen) atoms. The Bertz CT molecular complexity index is 986. The van der Waals surface area contributed by atoms with Crippen molar-refractivity contribution in [1.82, 2.24) is 15.8 Å². The van der Waals surface area contributed by atoms with Gasteiger partial charge in [-0.15, -0.1) is 0 Å². The van der Waals surface area contributed by atoms with Crippen molar-refractivity contribution in [3.8, 4) is 17.1 Å². The molecule has 0 radical (unpaired) electrons. The molecule has 2 heterocycles. The first-order valence-corrected chi connectivity index (χ1v) is 10.8. The smallest absolute Gasteiger partial charge is 0.220 e. The molecule has 6 heteroatoms. The Balaban J connectivity index is 1.34. The van der Waals surface area contributed by atoms with Crippen LogP contribution in [0.5, 0.6) is 5.75 Å². The van der Waals surface area contributed by atoms with Gasteiger partial charge in [0.05, 0.1) is 12.8 Å². The largest absolute Gasteiger partial charge is 0.496 e. The molecule has 3 aromatic rings. The van der Waals surface area contributed by atoms with Crippen molar-refractivity contribution in [3.63, 3.8) is 0 Å². The molecule has 2 aromatic carbocycles. The maximum Gasteiger partial charge on any atom is 0.220 e. The van der Waals surface area contributed by atoms with Gasteiger partial charge in [-0.25, -0.2) is 0 Å². The summed E-state index contributed by atoms with van der Waals surface area (Å²) < 4.78 is 10.9. The Kier molecular flexibility index (Phi) is 6.99. The lowest BCUT2D eigenvalue weighted by Crippen LogP contribution is -2.40. The standard InChI is InChI=1S/C25H29N3O3/c1-30-23-10-6-5-9-20(23)17-27-25(29)14-19-11-12-26-16-21(19)13-22-15-24(31-28-22)18-7-3-2-4-8-18/h2-10,15,19,21,26H,11-14,16-17H2,1H3,(H,27,29)/t19-,21+/m1/s1. The molecule has 1 fully saturated rings. The fourth-order valence-electron chi connectivity index (χ4n) is 4.25. The van der Waals surface area contributed by atoms with E-state index >= 15 is 0 Å². The molecule has 0 saturated carbocycles. The number of carbonyl (C=O) groups is 1. The van der Waals surface area contributed by atoms with Crippen molar-refractivity contribution < 1.29 is 14.1 Å². The number of aromatic nitrogens is 1. The van der Waals surface area contributed by atoms with Gasteiger partial charge < -0.3 is 19.9 Å². The van der Waals surface area contributed by atoms with E-state index in [4.69, 9.17) is 9.26 Å². The minimum absolute atomic E-state index is 0.0768. The zero-order chi connectivity index (χ0) is 21.5. The molecule has 1 aliphatic rings. The monoisotopic (exact) mass is 419 g/mol. The highest BCUT2D eigenvalue weighted by Crippen LogP contribution is 2.28. The molecule has 2 N–H and O–H groups in total. The van der Waals surface area contributed by atoms with Crippen molar-refractivity contribution in [2.45, 2.75) is 25.8 Å². The fraction of sp³-hybridized carbons (Fsp3) is 0.360. The lowest BCUT2D eigenvalue weighted by molar-refractivity contribution is -0.122. The summed E-state index contributed by atoms with van der Waals surface area (Å²) in [5.74, 6) is 2.32. The average Bonchev–Trinajstić information content (AvgIpc) is 3.28. The summed E-state index contributed by atoms with van der Waals surface area (Å²) in [5, 5.41) is 10.8. The van der Waals surface area contributed by atoms with Crippen LogP contribution >= 0.6 is 0 Å². The Labute approximate surface area is 183 Å². The minimum Gasteiger partial charge on any atom is -0.496 e. The first-order valence-electron chi connectivity index (χ1n) is 10.8. The highest BCUT2D eigenvalue weighted by atomic mass is 16.5. The second kappa shape index (κ2) is 10.3. The first kappa shape index (κ1) is 21.1. The normalized spacial score (nSPS) is 18.5. The number of hydrogen-bond donors (Lipinski definition) is 2. The van der Waals surface area contributed by atoms with Crippen LogP contribution in [0.25, 0.3) is 11.3 Å². The van der Waals surface area contributed by atoms with Crippen LogP contribution in [0.3, 0.4) is 0 Å². The zero-order valence-corrected chi connectivity index (χ0v) is 17.8. The van der Waals surface area contributed by atoms with E-state index in [2.05, 4.69) is 15.8 Å². The second-order valence-electron chi connectivity index (χ2n) is 8.06. The van der Waals surface area contributed by atoms with E-state index in [9.17, 15) is 4.79 Å². The Morgan fingerprint density at radius 2 is 1.97 bits per heavy atom. The lowest BCUT2D eigenvalue weighted by Gasteiger charge is -2.31. The van der Waals surface area contributed by atoms with Crippen LogP contribution in [0, 0.1) is 11.8 Å². The summed E-state index contributed by atoms with van der Waals surface area (Å²) in [7, 11) is 1.65. The second-order valence-corrected chi connectivity index (χ2v) is 8.06. The maximum absolute atomic E-state index is 12.7. The molecule has 1 amide bonds. The number of nitrogens with zero attached hydrogens (tertiary/aromatic N) is 1. The number of nitrogens with one attached hydrogen (secondary N) is 2. The van der Waals surface area contributed by atoms with Gasteiger partial charge in [0, 0.05) is 30.2 Å². The third kappa shape index (κ3) is 5.52. The van der Waals surface area contributed by atoms with Gasteiger partial charge in [-0.1, -0.05) is 53.7 Å². The predicted molar refractivity (Wildman–Crippen MR) is 120 cm³/mol. The Morgan fingerprint density at radius 3 is 2.81 bits per heavy atom. The summed E-state index contributed by atoms with van der Waals surface area (Å²) in [4.78, 5) is 12.7. The van der Waals surface area contributed by atoms with Crippen molar-refractivity contribution in [2.24, 2.45) is 11.8 Å². The number of carbonyl (C=O) groups excluding carboxylic acids is 1. The number of amides is 1. The van der Waals surface area contributed by atoms with Crippen molar-refractivity contribution in [1.29, 1.82) is 0 Å². The quantitative estimate of drug-likeness (QED) is 0.580. The van der Waals surface area contributed by atoms with Crippen LogP contribution in [-0.4, -0.2) is 31.3 Å². The molecule has 0 aliphatic carbocycles. The molecule has 4 rings (SSSR count). The van der Waals surface area contributed by atoms with E-state index in [0.29, 0.717) is 24.8 Å². The number of ether oxygens (including phenoxy) is 1. The Hall–Kier alpha value is -3.12. The molecule has 1 saturated heterocycles. The summed E-state index contributed by atoms with van der Waals surface area (Å²) in [6, 6.07) is 19.8. The summed E-state index contributed by atoms with van der Waals surface area (Å²) >= 11 is 0. The van der Waals surface area contributed by atoms with Crippen LogP contribution in [0.1, 0.15) is 24.1 Å². The van der Waals surface area contributed by atoms with E-state index < -0.39 is 0 Å². The van der Waals surface area contributed by atoms with Crippen LogP contribution in [0.15, 0.2) is 65.2 Å². The average molecular weight is 420 g/mol. The highest BCUT2D eigenvalue weighted by Gasteiger charge is 2.28. The molecule has 6 nitrogen and oxygen atoms in total. The predicted octanol–water partition coefficient (Wildman–Crippen LogP) is 3.82. The van der Waals surface area contributed by atoms with Gasteiger partial charge in [-0.2, -0.15) is 0 Å². The van der Waals surface area contributed by atoms with E-state index in [-0.39, 0.29) is 5.91 Å². The summed E-state index contributed by atoms with van der Waals surface area (Å²) in [6.45, 7) is 2.30. The SMILES string of the molecule is COc1ccccc1CNC(=O)C[C@H]1CCNC[C@@H]1Cc1cc(-c2ccccc2)on1. The molecular formula is C25H29N3O3. The topological polar surface area (TPSA) is 76.4 Å². The Morgan fingerprint density at radius 1 is 1.16 bits per heavy atom. The summed E-state index contributed by atoms with van der Waals surface area (Å²) in [6.07, 6.45) is 2.30. The fourth-order valence-corrected chi connectivity index (χ4v) is 4.25. The number of para-hydroxylation sites is 1. The van der Waals surface area contributed by atoms with Crippen molar-refractivity contribution in [3.05, 3.63) is 71.9 Å².